The van der Waals surface area contributed by atoms with Gasteiger partial charge in [-0.25, -0.2) is 14.4 Å². The standard InChI is InChI=1S/C28H25FN4O2/c29-22-10-8-20(9-11-22)27-30-17-16-26(32-27)33-18-4-5-21(19-33)28(34)31-23-12-14-25(15-13-23)35-24-6-2-1-3-7-24/h1-3,6-17,21H,4-5,18-19H2,(H,31,34). The third kappa shape index (κ3) is 5.63. The third-order valence-corrected chi connectivity index (χ3v) is 5.96. The number of carbonyl (C=O) groups excluding carboxylic acids is 1. The Morgan fingerprint density at radius 3 is 2.46 bits per heavy atom. The lowest BCUT2D eigenvalue weighted by Gasteiger charge is -2.33. The topological polar surface area (TPSA) is 67.3 Å². The predicted octanol–water partition coefficient (Wildman–Crippen LogP) is 5.93. The molecule has 7 heteroatoms. The van der Waals surface area contributed by atoms with Crippen LogP contribution in [-0.2, 0) is 4.79 Å². The maximum atomic E-state index is 13.3. The molecule has 5 rings (SSSR count). The smallest absolute Gasteiger partial charge is 0.229 e. The first kappa shape index (κ1) is 22.5. The van der Waals surface area contributed by atoms with Crippen molar-refractivity contribution in [3.8, 4) is 22.9 Å². The number of piperidine rings is 1. The second kappa shape index (κ2) is 10.3. The second-order valence-electron chi connectivity index (χ2n) is 8.46. The highest BCUT2D eigenvalue weighted by atomic mass is 19.1. The van der Waals surface area contributed by atoms with E-state index in [9.17, 15) is 9.18 Å². The molecule has 2 heterocycles. The minimum absolute atomic E-state index is 0.0146. The summed E-state index contributed by atoms with van der Waals surface area (Å²) in [6, 6.07) is 24.9. The number of benzene rings is 3. The molecule has 0 radical (unpaired) electrons. The number of halogens is 1. The Bertz CT molecular complexity index is 1280. The first-order chi connectivity index (χ1) is 17.1. The van der Waals surface area contributed by atoms with Gasteiger partial charge in [-0.15, -0.1) is 0 Å². The zero-order chi connectivity index (χ0) is 24.0. The number of amides is 1. The molecular formula is C28H25FN4O2. The lowest BCUT2D eigenvalue weighted by Crippen LogP contribution is -2.41. The van der Waals surface area contributed by atoms with Crippen molar-refractivity contribution in [3.63, 3.8) is 0 Å². The molecule has 1 aliphatic heterocycles. The molecule has 4 aromatic rings. The molecule has 1 aliphatic rings. The number of hydrogen-bond acceptors (Lipinski definition) is 5. The van der Waals surface area contributed by atoms with E-state index in [1.807, 2.05) is 60.7 Å². The highest BCUT2D eigenvalue weighted by molar-refractivity contribution is 5.93. The van der Waals surface area contributed by atoms with Crippen LogP contribution in [0.4, 0.5) is 15.9 Å². The van der Waals surface area contributed by atoms with Crippen molar-refractivity contribution in [1.82, 2.24) is 9.97 Å². The molecule has 0 bridgehead atoms. The van der Waals surface area contributed by atoms with Gasteiger partial charge in [-0.2, -0.15) is 0 Å². The van der Waals surface area contributed by atoms with Crippen molar-refractivity contribution in [2.45, 2.75) is 12.8 Å². The normalized spacial score (nSPS) is 15.5. The minimum atomic E-state index is -0.298. The molecule has 35 heavy (non-hydrogen) atoms. The Balaban J connectivity index is 1.22. The van der Waals surface area contributed by atoms with Crippen LogP contribution >= 0.6 is 0 Å². The van der Waals surface area contributed by atoms with Gasteiger partial charge in [0, 0.05) is 30.5 Å². The molecule has 1 atom stereocenters. The molecule has 1 amide bonds. The number of aromatic nitrogens is 2. The molecule has 3 aromatic carbocycles. The van der Waals surface area contributed by atoms with E-state index in [-0.39, 0.29) is 17.6 Å². The average Bonchev–Trinajstić information content (AvgIpc) is 2.91. The number of nitrogens with zero attached hydrogens (tertiary/aromatic N) is 3. The van der Waals surface area contributed by atoms with Crippen molar-refractivity contribution in [2.75, 3.05) is 23.3 Å². The zero-order valence-electron chi connectivity index (χ0n) is 19.1. The molecule has 1 saturated heterocycles. The summed E-state index contributed by atoms with van der Waals surface area (Å²) in [6.07, 6.45) is 3.40. The van der Waals surface area contributed by atoms with E-state index in [1.54, 1.807) is 18.3 Å². The summed E-state index contributed by atoms with van der Waals surface area (Å²) >= 11 is 0. The third-order valence-electron chi connectivity index (χ3n) is 5.96. The monoisotopic (exact) mass is 468 g/mol. The molecule has 0 aliphatic carbocycles. The lowest BCUT2D eigenvalue weighted by atomic mass is 9.97. The van der Waals surface area contributed by atoms with E-state index in [4.69, 9.17) is 4.74 Å². The van der Waals surface area contributed by atoms with Crippen molar-refractivity contribution in [1.29, 1.82) is 0 Å². The van der Waals surface area contributed by atoms with Gasteiger partial charge in [-0.1, -0.05) is 18.2 Å². The summed E-state index contributed by atoms with van der Waals surface area (Å²) in [5.41, 5.74) is 1.48. The Labute approximate surface area is 203 Å². The van der Waals surface area contributed by atoms with E-state index < -0.39 is 0 Å². The maximum Gasteiger partial charge on any atom is 0.229 e. The number of anilines is 2. The zero-order valence-corrected chi connectivity index (χ0v) is 19.1. The molecule has 1 aromatic heterocycles. The van der Waals surface area contributed by atoms with Crippen LogP contribution in [0.1, 0.15) is 12.8 Å². The first-order valence-electron chi connectivity index (χ1n) is 11.6. The van der Waals surface area contributed by atoms with Gasteiger partial charge < -0.3 is 15.0 Å². The molecule has 1 N–H and O–H groups in total. The number of hydrogen-bond donors (Lipinski definition) is 1. The summed E-state index contributed by atoms with van der Waals surface area (Å²) < 4.78 is 19.1. The highest BCUT2D eigenvalue weighted by Gasteiger charge is 2.27. The van der Waals surface area contributed by atoms with Crippen LogP contribution in [0.15, 0.2) is 91.1 Å². The maximum absolute atomic E-state index is 13.3. The van der Waals surface area contributed by atoms with Crippen LogP contribution in [0.3, 0.4) is 0 Å². The first-order valence-corrected chi connectivity index (χ1v) is 11.6. The minimum Gasteiger partial charge on any atom is -0.457 e. The number of nitrogens with one attached hydrogen (secondary N) is 1. The largest absolute Gasteiger partial charge is 0.457 e. The molecule has 6 nitrogen and oxygen atoms in total. The molecule has 0 spiro atoms. The average molecular weight is 469 g/mol. The number of para-hydroxylation sites is 1. The SMILES string of the molecule is O=C(Nc1ccc(Oc2ccccc2)cc1)C1CCCN(c2ccnc(-c3ccc(F)cc3)n2)C1. The van der Waals surface area contributed by atoms with Crippen molar-refractivity contribution < 1.29 is 13.9 Å². The Morgan fingerprint density at radius 1 is 0.943 bits per heavy atom. The van der Waals surface area contributed by atoms with E-state index >= 15 is 0 Å². The fourth-order valence-electron chi connectivity index (χ4n) is 4.14. The molecule has 0 saturated carbocycles. The van der Waals surface area contributed by atoms with Crippen LogP contribution < -0.4 is 15.0 Å². The fraction of sp³-hybridized carbons (Fsp3) is 0.179. The predicted molar refractivity (Wildman–Crippen MR) is 134 cm³/mol. The van der Waals surface area contributed by atoms with Crippen LogP contribution in [-0.4, -0.2) is 29.0 Å². The van der Waals surface area contributed by atoms with Gasteiger partial charge in [0.2, 0.25) is 5.91 Å². The van der Waals surface area contributed by atoms with Crippen molar-refractivity contribution >= 4 is 17.4 Å². The van der Waals surface area contributed by atoms with Crippen LogP contribution in [0.2, 0.25) is 0 Å². The van der Waals surface area contributed by atoms with Gasteiger partial charge >= 0.3 is 0 Å². The second-order valence-corrected chi connectivity index (χ2v) is 8.46. The molecule has 176 valence electrons. The molecular weight excluding hydrogens is 443 g/mol. The van der Waals surface area contributed by atoms with Gasteiger partial charge in [0.15, 0.2) is 5.82 Å². The Kier molecular flexibility index (Phi) is 6.66. The summed E-state index contributed by atoms with van der Waals surface area (Å²) in [5.74, 6) is 2.30. The van der Waals surface area contributed by atoms with Gasteiger partial charge in [0.1, 0.15) is 23.1 Å². The summed E-state index contributed by atoms with van der Waals surface area (Å²) in [5, 5.41) is 3.03. The number of carbonyl (C=O) groups is 1. The van der Waals surface area contributed by atoms with E-state index in [1.165, 1.54) is 12.1 Å². The number of ether oxygens (including phenoxy) is 1. The highest BCUT2D eigenvalue weighted by Crippen LogP contribution is 2.26. The van der Waals surface area contributed by atoms with Gasteiger partial charge in [-0.3, -0.25) is 4.79 Å². The number of rotatable bonds is 6. The van der Waals surface area contributed by atoms with Crippen LogP contribution in [0.25, 0.3) is 11.4 Å². The van der Waals surface area contributed by atoms with Gasteiger partial charge in [0.05, 0.1) is 5.92 Å². The van der Waals surface area contributed by atoms with E-state index in [2.05, 4.69) is 20.2 Å². The molecule has 1 unspecified atom stereocenters. The van der Waals surface area contributed by atoms with Crippen LogP contribution in [0.5, 0.6) is 11.5 Å². The Morgan fingerprint density at radius 2 is 1.69 bits per heavy atom. The van der Waals surface area contributed by atoms with E-state index in [0.717, 1.165) is 42.2 Å². The molecule has 1 fully saturated rings. The summed E-state index contributed by atoms with van der Waals surface area (Å²) in [7, 11) is 0. The lowest BCUT2D eigenvalue weighted by molar-refractivity contribution is -0.120. The van der Waals surface area contributed by atoms with Gasteiger partial charge in [0.25, 0.3) is 0 Å². The summed E-state index contributed by atoms with van der Waals surface area (Å²) in [6.45, 7) is 1.38. The van der Waals surface area contributed by atoms with Crippen molar-refractivity contribution in [3.05, 3.63) is 96.9 Å². The summed E-state index contributed by atoms with van der Waals surface area (Å²) in [4.78, 5) is 24.1. The van der Waals surface area contributed by atoms with Gasteiger partial charge in [-0.05, 0) is 79.6 Å². The van der Waals surface area contributed by atoms with E-state index in [0.29, 0.717) is 18.1 Å². The fourth-order valence-corrected chi connectivity index (χ4v) is 4.14. The quantitative estimate of drug-likeness (QED) is 0.380. The van der Waals surface area contributed by atoms with Crippen LogP contribution in [0, 0.1) is 11.7 Å². The van der Waals surface area contributed by atoms with Crippen molar-refractivity contribution in [2.24, 2.45) is 5.92 Å². The Hall–Kier alpha value is -4.26.